The van der Waals surface area contributed by atoms with Crippen molar-refractivity contribution in [3.8, 4) is 5.75 Å². The molecule has 0 unspecified atom stereocenters. The van der Waals surface area contributed by atoms with E-state index in [0.717, 1.165) is 29.8 Å². The summed E-state index contributed by atoms with van der Waals surface area (Å²) in [5, 5.41) is 12.2. The molecule has 3 N–H and O–H groups in total. The van der Waals surface area contributed by atoms with Gasteiger partial charge in [0.05, 0.1) is 17.4 Å². The van der Waals surface area contributed by atoms with Crippen LogP contribution in [0.3, 0.4) is 0 Å². The fourth-order valence-corrected chi connectivity index (χ4v) is 6.40. The molecule has 1 aromatic rings. The van der Waals surface area contributed by atoms with E-state index in [4.69, 9.17) is 19.9 Å². The number of carbonyl (C=O) groups is 2. The van der Waals surface area contributed by atoms with E-state index < -0.39 is 40.7 Å². The Morgan fingerprint density at radius 2 is 2.09 bits per heavy atom. The molecule has 2 heterocycles. The molecule has 5 atom stereocenters. The minimum absolute atomic E-state index is 0.0531. The fourth-order valence-electron chi connectivity index (χ4n) is 6.40. The summed E-state index contributed by atoms with van der Waals surface area (Å²) in [6.45, 7) is 8.04. The third-order valence-electron chi connectivity index (χ3n) is 7.90. The molecule has 8 nitrogen and oxygen atoms in total. The zero-order valence-electron chi connectivity index (χ0n) is 20.5. The number of piperidine rings is 1. The Kier molecular flexibility index (Phi) is 5.17. The second-order valence-electron chi connectivity index (χ2n) is 11.2. The second kappa shape index (κ2) is 7.54. The van der Waals surface area contributed by atoms with Gasteiger partial charge >= 0.3 is 11.9 Å². The van der Waals surface area contributed by atoms with Gasteiger partial charge in [-0.25, -0.2) is 0 Å². The van der Waals surface area contributed by atoms with Crippen molar-refractivity contribution in [1.29, 1.82) is 0 Å². The smallest absolute Gasteiger partial charge is 0.324 e. The lowest BCUT2D eigenvalue weighted by Gasteiger charge is -2.61. The van der Waals surface area contributed by atoms with Crippen molar-refractivity contribution < 1.29 is 28.9 Å². The minimum atomic E-state index is -1.12. The number of nitrogens with two attached hydrogens (primary N) is 1. The maximum Gasteiger partial charge on any atom is 0.324 e. The summed E-state index contributed by atoms with van der Waals surface area (Å²) >= 11 is 0. The largest absolute Gasteiger partial charge is 0.481 e. The molecule has 1 aromatic carbocycles. The molecule has 5 rings (SSSR count). The normalized spacial score (nSPS) is 32.3. The third kappa shape index (κ3) is 3.22. The number of aryl methyl sites for hydroxylation is 1. The predicted molar refractivity (Wildman–Crippen MR) is 124 cm³/mol. The molecule has 184 valence electrons. The first kappa shape index (κ1) is 23.3. The van der Waals surface area contributed by atoms with Crippen LogP contribution in [0.4, 0.5) is 0 Å². The van der Waals surface area contributed by atoms with Crippen LogP contribution in [0.1, 0.15) is 56.7 Å². The van der Waals surface area contributed by atoms with Gasteiger partial charge in [0.1, 0.15) is 23.2 Å². The molecular formula is C26H34N2O6. The molecule has 2 bridgehead atoms. The van der Waals surface area contributed by atoms with Crippen LogP contribution in [0, 0.1) is 6.92 Å². The molecule has 0 saturated carbocycles. The van der Waals surface area contributed by atoms with E-state index in [1.165, 1.54) is 5.56 Å². The van der Waals surface area contributed by atoms with Gasteiger partial charge in [-0.2, -0.15) is 0 Å². The third-order valence-corrected chi connectivity index (χ3v) is 7.90. The Labute approximate surface area is 200 Å². The van der Waals surface area contributed by atoms with Crippen molar-refractivity contribution in [2.24, 2.45) is 5.73 Å². The molecule has 34 heavy (non-hydrogen) atoms. The van der Waals surface area contributed by atoms with E-state index in [2.05, 4.69) is 24.1 Å². The van der Waals surface area contributed by atoms with Crippen LogP contribution in [0.15, 0.2) is 24.0 Å². The highest BCUT2D eigenvalue weighted by Crippen LogP contribution is 2.64. The summed E-state index contributed by atoms with van der Waals surface area (Å²) in [5.41, 5.74) is 6.76. The van der Waals surface area contributed by atoms with E-state index in [9.17, 15) is 14.7 Å². The van der Waals surface area contributed by atoms with Gasteiger partial charge in [0, 0.05) is 18.0 Å². The van der Waals surface area contributed by atoms with Gasteiger partial charge in [-0.15, -0.1) is 0 Å². The minimum Gasteiger partial charge on any atom is -0.481 e. The zero-order valence-corrected chi connectivity index (χ0v) is 20.5. The molecule has 0 aromatic heterocycles. The molecule has 8 heteroatoms. The monoisotopic (exact) mass is 470 g/mol. The summed E-state index contributed by atoms with van der Waals surface area (Å²) < 4.78 is 17.6. The quantitative estimate of drug-likeness (QED) is 0.642. The summed E-state index contributed by atoms with van der Waals surface area (Å²) in [7, 11) is 2.05. The molecule has 1 spiro atoms. The number of ether oxygens (including phenoxy) is 3. The van der Waals surface area contributed by atoms with Crippen LogP contribution >= 0.6 is 0 Å². The molecule has 4 aliphatic rings. The number of nitrogens with zero attached hydrogens (tertiary/aromatic N) is 1. The van der Waals surface area contributed by atoms with Gasteiger partial charge in [0.25, 0.3) is 0 Å². The lowest BCUT2D eigenvalue weighted by Crippen LogP contribution is -2.74. The molecule has 0 radical (unpaired) electrons. The highest BCUT2D eigenvalue weighted by atomic mass is 16.6. The fraction of sp³-hybridized carbons (Fsp3) is 0.615. The lowest BCUT2D eigenvalue weighted by molar-refractivity contribution is -0.170. The Balaban J connectivity index is 1.45. The van der Waals surface area contributed by atoms with Crippen molar-refractivity contribution in [1.82, 2.24) is 4.90 Å². The number of carbonyl (C=O) groups excluding carboxylic acids is 2. The first-order valence-electron chi connectivity index (χ1n) is 12.0. The Morgan fingerprint density at radius 3 is 2.79 bits per heavy atom. The van der Waals surface area contributed by atoms with Crippen molar-refractivity contribution in [3.05, 3.63) is 40.7 Å². The predicted octanol–water partition coefficient (Wildman–Crippen LogP) is 1.88. The van der Waals surface area contributed by atoms with E-state index in [1.807, 2.05) is 6.92 Å². The molecule has 1 fully saturated rings. The number of hydrogen-bond acceptors (Lipinski definition) is 8. The number of esters is 2. The van der Waals surface area contributed by atoms with Crippen LogP contribution in [-0.4, -0.2) is 64.9 Å². The summed E-state index contributed by atoms with van der Waals surface area (Å²) in [4.78, 5) is 27.3. The number of hydrogen-bond donors (Lipinski definition) is 2. The van der Waals surface area contributed by atoms with Gasteiger partial charge < -0.3 is 30.0 Å². The highest BCUT2D eigenvalue weighted by Gasteiger charge is 2.71. The first-order valence-corrected chi connectivity index (χ1v) is 12.0. The molecule has 2 aliphatic carbocycles. The maximum atomic E-state index is 12.8. The average Bonchev–Trinajstić information content (AvgIpc) is 3.09. The van der Waals surface area contributed by atoms with Crippen LogP contribution < -0.4 is 10.5 Å². The topological polar surface area (TPSA) is 111 Å². The molecular weight excluding hydrogens is 436 g/mol. The Bertz CT molecular complexity index is 1090. The van der Waals surface area contributed by atoms with E-state index >= 15 is 0 Å². The van der Waals surface area contributed by atoms with Crippen molar-refractivity contribution in [3.63, 3.8) is 0 Å². The van der Waals surface area contributed by atoms with E-state index in [0.29, 0.717) is 18.6 Å². The molecule has 1 saturated heterocycles. The SMILES string of the molecule is Cc1ccc2c3c1O[C@H]1C(OC(=O)C[C@H](N)C(=O)OC(C)(C)C)=CC[C@@]4(O)[C@@H](C2)N(C)CC[C@]314. The summed E-state index contributed by atoms with van der Waals surface area (Å²) in [5.74, 6) is -0.0930. The van der Waals surface area contributed by atoms with Crippen molar-refractivity contribution >= 4 is 11.9 Å². The summed E-state index contributed by atoms with van der Waals surface area (Å²) in [6.07, 6.45) is 2.66. The summed E-state index contributed by atoms with van der Waals surface area (Å²) in [6, 6.07) is 3.01. The number of rotatable bonds is 4. The number of benzene rings is 1. The van der Waals surface area contributed by atoms with Crippen molar-refractivity contribution in [2.45, 2.75) is 88.2 Å². The van der Waals surface area contributed by atoms with Crippen LogP contribution in [0.5, 0.6) is 5.75 Å². The number of likely N-dealkylation sites (N-methyl/N-ethyl adjacent to an activating group) is 1. The van der Waals surface area contributed by atoms with Crippen LogP contribution in [-0.2, 0) is 30.9 Å². The lowest BCUT2D eigenvalue weighted by atomic mass is 9.50. The standard InChI is InChI=1S/C26H34N2O6/c1-14-6-7-15-12-18-26(31)9-8-17(32-19(29)13-16(27)23(30)34-24(2,3)4)22-25(26,10-11-28(18)5)20(15)21(14)33-22/h6-8,16,18,22,31H,9-13,27H2,1-5H3/t16-,18+,22-,25-,26+/m0/s1. The van der Waals surface area contributed by atoms with Gasteiger partial charge in [-0.05, 0) is 71.3 Å². The van der Waals surface area contributed by atoms with E-state index in [1.54, 1.807) is 26.8 Å². The maximum absolute atomic E-state index is 12.8. The van der Waals surface area contributed by atoms with Gasteiger partial charge in [-0.3, -0.25) is 9.59 Å². The highest BCUT2D eigenvalue weighted by molar-refractivity contribution is 5.83. The number of likely N-dealkylation sites (tertiary alicyclic amines) is 1. The average molecular weight is 471 g/mol. The molecule has 0 amide bonds. The van der Waals surface area contributed by atoms with Crippen LogP contribution in [0.25, 0.3) is 0 Å². The molecule has 2 aliphatic heterocycles. The van der Waals surface area contributed by atoms with Crippen molar-refractivity contribution in [2.75, 3.05) is 13.6 Å². The van der Waals surface area contributed by atoms with E-state index in [-0.39, 0.29) is 12.5 Å². The van der Waals surface area contributed by atoms with Gasteiger partial charge in [-0.1, -0.05) is 12.1 Å². The first-order chi connectivity index (χ1) is 15.9. The van der Waals surface area contributed by atoms with Gasteiger partial charge in [0.15, 0.2) is 6.10 Å². The zero-order chi connectivity index (χ0) is 24.6. The Morgan fingerprint density at radius 1 is 1.35 bits per heavy atom. The van der Waals surface area contributed by atoms with Gasteiger partial charge in [0.2, 0.25) is 0 Å². The second-order valence-corrected chi connectivity index (χ2v) is 11.2. The Hall–Kier alpha value is -2.42. The number of aliphatic hydroxyl groups is 1. The van der Waals surface area contributed by atoms with Crippen LogP contribution in [0.2, 0.25) is 0 Å².